The maximum Gasteiger partial charge on any atom is 0.0503 e. The first kappa shape index (κ1) is 15.0. The normalized spacial score (nSPS) is 11.9. The summed E-state index contributed by atoms with van der Waals surface area (Å²) < 4.78 is 5.09. The summed E-state index contributed by atoms with van der Waals surface area (Å²) in [5, 5.41) is 5.44. The second-order valence-electron chi connectivity index (χ2n) is 7.09. The molecule has 27 heavy (non-hydrogen) atoms. The largest absolute Gasteiger partial charge is 0.344 e. The number of fused-ring (bicyclic) bond motifs is 7. The van der Waals surface area contributed by atoms with Gasteiger partial charge in [0, 0.05) is 43.5 Å². The van der Waals surface area contributed by atoms with Gasteiger partial charge in [-0.05, 0) is 29.3 Å². The molecule has 4 aromatic carbocycles. The molecule has 0 saturated carbocycles. The van der Waals surface area contributed by atoms with Crippen molar-refractivity contribution < 1.29 is 0 Å². The van der Waals surface area contributed by atoms with Crippen LogP contribution < -0.4 is 0 Å². The Bertz CT molecular complexity index is 1470. The topological polar surface area (TPSA) is 4.93 Å². The Morgan fingerprint density at radius 1 is 0.630 bits per heavy atom. The van der Waals surface area contributed by atoms with Crippen molar-refractivity contribution in [2.45, 2.75) is 0 Å². The number of hydrogen-bond donors (Lipinski definition) is 0. The molecule has 1 nitrogen and oxygen atoms in total. The number of rotatable bonds is 1. The molecule has 128 valence electrons. The van der Waals surface area contributed by atoms with Crippen LogP contribution in [-0.4, -0.2) is 4.57 Å². The van der Waals surface area contributed by atoms with Crippen LogP contribution in [0.25, 0.3) is 53.1 Å². The molecule has 0 aliphatic heterocycles. The predicted molar refractivity (Wildman–Crippen MR) is 119 cm³/mol. The van der Waals surface area contributed by atoms with Gasteiger partial charge in [0.05, 0.1) is 5.52 Å². The van der Waals surface area contributed by atoms with Crippen molar-refractivity contribution in [3.63, 3.8) is 0 Å². The van der Waals surface area contributed by atoms with E-state index in [-0.39, 0.29) is 0 Å². The van der Waals surface area contributed by atoms with Crippen LogP contribution in [0.2, 0.25) is 0 Å². The van der Waals surface area contributed by atoms with E-state index < -0.39 is 0 Å². The van der Waals surface area contributed by atoms with Crippen LogP contribution in [0.1, 0.15) is 0 Å². The van der Waals surface area contributed by atoms with E-state index in [1.54, 1.807) is 0 Å². The first-order valence-corrected chi connectivity index (χ1v) is 10.0. The second-order valence-corrected chi connectivity index (χ2v) is 8.14. The van der Waals surface area contributed by atoms with Gasteiger partial charge in [0.15, 0.2) is 0 Å². The first-order chi connectivity index (χ1) is 13.3. The van der Waals surface area contributed by atoms with E-state index in [9.17, 15) is 0 Å². The SMILES string of the molecule is Cn1c2cc(-c3ccccc3)ccc2c2c3sc4ccccc4c3ccc21. The average Bonchev–Trinajstić information content (AvgIpc) is 3.24. The van der Waals surface area contributed by atoms with E-state index in [1.165, 1.54) is 53.1 Å². The Hall–Kier alpha value is -3.10. The molecule has 0 atom stereocenters. The van der Waals surface area contributed by atoms with Gasteiger partial charge < -0.3 is 4.57 Å². The summed E-state index contributed by atoms with van der Waals surface area (Å²) in [5.74, 6) is 0. The van der Waals surface area contributed by atoms with Gasteiger partial charge in [0.1, 0.15) is 0 Å². The minimum Gasteiger partial charge on any atom is -0.344 e. The standard InChI is InChI=1S/C25H17NS/c1-26-21-14-13-19-18-9-5-6-10-23(18)27-25(19)24(21)20-12-11-17(15-22(20)26)16-7-3-2-4-8-16/h2-15H,1H3. The van der Waals surface area contributed by atoms with Crippen molar-refractivity contribution in [2.75, 3.05) is 0 Å². The minimum absolute atomic E-state index is 1.26. The lowest BCUT2D eigenvalue weighted by molar-refractivity contribution is 1.01. The van der Waals surface area contributed by atoms with Crippen molar-refractivity contribution in [1.82, 2.24) is 4.57 Å². The van der Waals surface area contributed by atoms with Crippen LogP contribution in [0.15, 0.2) is 84.9 Å². The van der Waals surface area contributed by atoms with Crippen molar-refractivity contribution in [3.8, 4) is 11.1 Å². The zero-order valence-electron chi connectivity index (χ0n) is 14.9. The van der Waals surface area contributed by atoms with Gasteiger partial charge in [-0.3, -0.25) is 0 Å². The highest BCUT2D eigenvalue weighted by molar-refractivity contribution is 7.26. The van der Waals surface area contributed by atoms with Gasteiger partial charge in [0.2, 0.25) is 0 Å². The molecule has 0 unspecified atom stereocenters. The summed E-state index contributed by atoms with van der Waals surface area (Å²) in [7, 11) is 2.18. The molecule has 0 aliphatic rings. The van der Waals surface area contributed by atoms with E-state index in [0.29, 0.717) is 0 Å². The van der Waals surface area contributed by atoms with Crippen molar-refractivity contribution in [1.29, 1.82) is 0 Å². The monoisotopic (exact) mass is 363 g/mol. The Morgan fingerprint density at radius 2 is 1.41 bits per heavy atom. The van der Waals surface area contributed by atoms with E-state index in [1.807, 2.05) is 11.3 Å². The molecule has 0 N–H and O–H groups in total. The Labute approximate surface area is 161 Å². The Balaban J connectivity index is 1.75. The third-order valence-corrected chi connectivity index (χ3v) is 6.83. The maximum atomic E-state index is 2.33. The molecule has 0 saturated heterocycles. The number of aromatic nitrogens is 1. The predicted octanol–water partition coefficient (Wildman–Crippen LogP) is 7.37. The second kappa shape index (κ2) is 5.45. The molecule has 0 spiro atoms. The summed E-state index contributed by atoms with van der Waals surface area (Å²) in [6, 6.07) is 30.8. The lowest BCUT2D eigenvalue weighted by Crippen LogP contribution is -1.86. The number of hydrogen-bond acceptors (Lipinski definition) is 1. The summed E-state index contributed by atoms with van der Waals surface area (Å²) in [4.78, 5) is 0. The quantitative estimate of drug-likeness (QED) is 0.287. The lowest BCUT2D eigenvalue weighted by atomic mass is 10.0. The van der Waals surface area contributed by atoms with Gasteiger partial charge in [0.25, 0.3) is 0 Å². The maximum absolute atomic E-state index is 2.33. The average molecular weight is 363 g/mol. The summed E-state index contributed by atoms with van der Waals surface area (Å²) in [6.45, 7) is 0. The molecule has 0 amide bonds. The lowest BCUT2D eigenvalue weighted by Gasteiger charge is -2.03. The number of thiophene rings is 1. The van der Waals surface area contributed by atoms with Crippen LogP contribution >= 0.6 is 11.3 Å². The summed E-state index contributed by atoms with van der Waals surface area (Å²) >= 11 is 1.91. The van der Waals surface area contributed by atoms with Crippen LogP contribution in [0.4, 0.5) is 0 Å². The molecule has 0 bridgehead atoms. The Kier molecular flexibility index (Phi) is 3.03. The summed E-state index contributed by atoms with van der Waals surface area (Å²) in [5.41, 5.74) is 5.11. The van der Waals surface area contributed by atoms with Crippen molar-refractivity contribution in [2.24, 2.45) is 7.05 Å². The first-order valence-electron chi connectivity index (χ1n) is 9.19. The smallest absolute Gasteiger partial charge is 0.0503 e. The highest BCUT2D eigenvalue weighted by atomic mass is 32.1. The zero-order valence-corrected chi connectivity index (χ0v) is 15.8. The van der Waals surface area contributed by atoms with Crippen LogP contribution in [0.5, 0.6) is 0 Å². The highest BCUT2D eigenvalue weighted by Gasteiger charge is 2.15. The molecule has 6 rings (SSSR count). The molecular formula is C25H17NS. The van der Waals surface area contributed by atoms with E-state index in [4.69, 9.17) is 0 Å². The Morgan fingerprint density at radius 3 is 2.30 bits per heavy atom. The van der Waals surface area contributed by atoms with Crippen molar-refractivity contribution >= 4 is 53.3 Å². The number of nitrogens with zero attached hydrogens (tertiary/aromatic N) is 1. The molecule has 2 heterocycles. The number of aryl methyl sites for hydroxylation is 1. The van der Waals surface area contributed by atoms with Crippen LogP contribution in [0.3, 0.4) is 0 Å². The molecule has 2 aromatic heterocycles. The fourth-order valence-corrected chi connectivity index (χ4v) is 5.54. The van der Waals surface area contributed by atoms with Gasteiger partial charge in [-0.1, -0.05) is 66.7 Å². The van der Waals surface area contributed by atoms with Crippen molar-refractivity contribution in [3.05, 3.63) is 84.9 Å². The molecule has 0 aliphatic carbocycles. The fourth-order valence-electron chi connectivity index (χ4n) is 4.28. The minimum atomic E-state index is 1.26. The zero-order chi connectivity index (χ0) is 18.0. The van der Waals surface area contributed by atoms with Gasteiger partial charge in [-0.15, -0.1) is 11.3 Å². The van der Waals surface area contributed by atoms with Gasteiger partial charge >= 0.3 is 0 Å². The molecule has 2 heteroatoms. The molecule has 0 fully saturated rings. The van der Waals surface area contributed by atoms with Gasteiger partial charge in [-0.25, -0.2) is 0 Å². The number of benzene rings is 4. The van der Waals surface area contributed by atoms with Crippen LogP contribution in [0, 0.1) is 0 Å². The highest BCUT2D eigenvalue weighted by Crippen LogP contribution is 2.42. The van der Waals surface area contributed by atoms with E-state index in [0.717, 1.165) is 0 Å². The fraction of sp³-hybridized carbons (Fsp3) is 0.0400. The van der Waals surface area contributed by atoms with E-state index >= 15 is 0 Å². The van der Waals surface area contributed by atoms with Crippen LogP contribution in [-0.2, 0) is 7.05 Å². The third-order valence-electron chi connectivity index (χ3n) is 5.62. The molecule has 6 aromatic rings. The summed E-state index contributed by atoms with van der Waals surface area (Å²) in [6.07, 6.45) is 0. The molecule has 0 radical (unpaired) electrons. The van der Waals surface area contributed by atoms with E-state index in [2.05, 4.69) is 96.5 Å². The molecular weight excluding hydrogens is 346 g/mol. The third kappa shape index (κ3) is 2.05. The van der Waals surface area contributed by atoms with Gasteiger partial charge in [-0.2, -0.15) is 0 Å².